The third-order valence-corrected chi connectivity index (χ3v) is 0.566. The second kappa shape index (κ2) is 5.41. The molecular weight excluding hydrogens is 86.1 g/mol. The first kappa shape index (κ1) is 6.41. The van der Waals surface area contributed by atoms with Gasteiger partial charge in [-0.25, -0.2) is 0 Å². The van der Waals surface area contributed by atoms with E-state index < -0.39 is 0 Å². The standard InChI is InChI=1S/C6H11N/c1-3-5-6-7-4-2/h3,5-6H,4H2,1-2H3/b5-3+,7-6-. The van der Waals surface area contributed by atoms with E-state index in [9.17, 15) is 0 Å². The summed E-state index contributed by atoms with van der Waals surface area (Å²) in [5.41, 5.74) is 0. The Morgan fingerprint density at radius 3 is 2.71 bits per heavy atom. The molecule has 0 aromatic heterocycles. The summed E-state index contributed by atoms with van der Waals surface area (Å²) in [5.74, 6) is 0. The van der Waals surface area contributed by atoms with E-state index in [1.165, 1.54) is 0 Å². The fourth-order valence-electron chi connectivity index (χ4n) is 0.252. The summed E-state index contributed by atoms with van der Waals surface area (Å²) in [7, 11) is 0. The highest BCUT2D eigenvalue weighted by Crippen LogP contribution is 1.65. The minimum Gasteiger partial charge on any atom is -0.293 e. The molecule has 0 bridgehead atoms. The maximum Gasteiger partial charge on any atom is 0.0360 e. The van der Waals surface area contributed by atoms with Gasteiger partial charge in [-0.15, -0.1) is 0 Å². The first-order valence-electron chi connectivity index (χ1n) is 2.53. The summed E-state index contributed by atoms with van der Waals surface area (Å²) < 4.78 is 0. The lowest BCUT2D eigenvalue weighted by molar-refractivity contribution is 1.14. The smallest absolute Gasteiger partial charge is 0.0360 e. The maximum atomic E-state index is 3.95. The molecule has 0 aliphatic rings. The van der Waals surface area contributed by atoms with Crippen LogP contribution in [0.3, 0.4) is 0 Å². The summed E-state index contributed by atoms with van der Waals surface area (Å²) in [6.07, 6.45) is 5.68. The molecule has 0 amide bonds. The number of rotatable bonds is 2. The molecule has 0 fully saturated rings. The minimum absolute atomic E-state index is 0.879. The van der Waals surface area contributed by atoms with Gasteiger partial charge in [-0.3, -0.25) is 4.99 Å². The van der Waals surface area contributed by atoms with E-state index >= 15 is 0 Å². The van der Waals surface area contributed by atoms with Crippen molar-refractivity contribution in [2.75, 3.05) is 6.54 Å². The second-order valence-corrected chi connectivity index (χ2v) is 1.17. The molecule has 0 rings (SSSR count). The Balaban J connectivity index is 3.09. The van der Waals surface area contributed by atoms with Crippen LogP contribution in [-0.4, -0.2) is 12.8 Å². The average Bonchev–Trinajstić information content (AvgIpc) is 1.69. The van der Waals surface area contributed by atoms with Crippen molar-refractivity contribution in [3.63, 3.8) is 0 Å². The van der Waals surface area contributed by atoms with E-state index in [0.29, 0.717) is 0 Å². The van der Waals surface area contributed by atoms with E-state index in [4.69, 9.17) is 0 Å². The van der Waals surface area contributed by atoms with Crippen LogP contribution in [0, 0.1) is 0 Å². The van der Waals surface area contributed by atoms with Crippen molar-refractivity contribution < 1.29 is 0 Å². The van der Waals surface area contributed by atoms with Crippen LogP contribution in [0.1, 0.15) is 13.8 Å². The summed E-state index contributed by atoms with van der Waals surface area (Å²) in [5, 5.41) is 0. The van der Waals surface area contributed by atoms with Gasteiger partial charge in [0.15, 0.2) is 0 Å². The lowest BCUT2D eigenvalue weighted by Gasteiger charge is -1.72. The number of nitrogens with zero attached hydrogens (tertiary/aromatic N) is 1. The Kier molecular flexibility index (Phi) is 4.95. The predicted molar refractivity (Wildman–Crippen MR) is 33.8 cm³/mol. The van der Waals surface area contributed by atoms with Crippen molar-refractivity contribution in [3.05, 3.63) is 12.2 Å². The third-order valence-electron chi connectivity index (χ3n) is 0.566. The molecule has 1 nitrogen and oxygen atoms in total. The molecule has 0 aliphatic carbocycles. The van der Waals surface area contributed by atoms with Crippen molar-refractivity contribution in [3.8, 4) is 0 Å². The van der Waals surface area contributed by atoms with Crippen molar-refractivity contribution in [2.24, 2.45) is 4.99 Å². The van der Waals surface area contributed by atoms with Gasteiger partial charge < -0.3 is 0 Å². The molecule has 1 heteroatoms. The highest BCUT2D eigenvalue weighted by Gasteiger charge is 1.57. The summed E-state index contributed by atoms with van der Waals surface area (Å²) in [6.45, 7) is 4.87. The maximum absolute atomic E-state index is 3.95. The van der Waals surface area contributed by atoms with Crippen LogP contribution in [-0.2, 0) is 0 Å². The molecule has 0 saturated carbocycles. The lowest BCUT2D eigenvalue weighted by Crippen LogP contribution is -1.66. The number of allylic oxidation sites excluding steroid dienone is 2. The van der Waals surface area contributed by atoms with Gasteiger partial charge in [0, 0.05) is 12.8 Å². The molecule has 0 unspecified atom stereocenters. The zero-order chi connectivity index (χ0) is 5.54. The Hall–Kier alpha value is -0.590. The minimum atomic E-state index is 0.879. The van der Waals surface area contributed by atoms with Gasteiger partial charge >= 0.3 is 0 Å². The van der Waals surface area contributed by atoms with Crippen LogP contribution in [0.4, 0.5) is 0 Å². The molecule has 0 aromatic rings. The van der Waals surface area contributed by atoms with E-state index in [-0.39, 0.29) is 0 Å². The molecular formula is C6H11N. The molecule has 0 saturated heterocycles. The third kappa shape index (κ3) is 5.41. The molecule has 0 heterocycles. The van der Waals surface area contributed by atoms with Gasteiger partial charge in [-0.1, -0.05) is 6.08 Å². The van der Waals surface area contributed by atoms with Gasteiger partial charge in [0.1, 0.15) is 0 Å². The largest absolute Gasteiger partial charge is 0.293 e. The number of hydrogen-bond acceptors (Lipinski definition) is 1. The van der Waals surface area contributed by atoms with E-state index in [1.54, 1.807) is 6.21 Å². The zero-order valence-electron chi connectivity index (χ0n) is 4.89. The molecule has 0 radical (unpaired) electrons. The number of hydrogen-bond donors (Lipinski definition) is 0. The lowest BCUT2D eigenvalue weighted by atomic mass is 10.6. The summed E-state index contributed by atoms with van der Waals surface area (Å²) >= 11 is 0. The predicted octanol–water partition coefficient (Wildman–Crippen LogP) is 1.65. The van der Waals surface area contributed by atoms with Gasteiger partial charge in [0.05, 0.1) is 0 Å². The van der Waals surface area contributed by atoms with Gasteiger partial charge in [0.2, 0.25) is 0 Å². The normalized spacial score (nSPS) is 11.7. The van der Waals surface area contributed by atoms with Crippen LogP contribution in [0.2, 0.25) is 0 Å². The molecule has 0 N–H and O–H groups in total. The molecule has 7 heavy (non-hydrogen) atoms. The van der Waals surface area contributed by atoms with Gasteiger partial charge in [-0.05, 0) is 19.9 Å². The highest BCUT2D eigenvalue weighted by molar-refractivity contribution is 5.70. The van der Waals surface area contributed by atoms with Crippen LogP contribution < -0.4 is 0 Å². The number of aliphatic imine (C=N–C) groups is 1. The Labute approximate surface area is 44.8 Å². The molecule has 40 valence electrons. The zero-order valence-corrected chi connectivity index (χ0v) is 4.89. The Morgan fingerprint density at radius 2 is 2.29 bits per heavy atom. The van der Waals surface area contributed by atoms with E-state index in [1.807, 2.05) is 26.0 Å². The van der Waals surface area contributed by atoms with Crippen molar-refractivity contribution in [2.45, 2.75) is 13.8 Å². The van der Waals surface area contributed by atoms with E-state index in [0.717, 1.165) is 6.54 Å². The van der Waals surface area contributed by atoms with E-state index in [2.05, 4.69) is 4.99 Å². The van der Waals surface area contributed by atoms with Gasteiger partial charge in [0.25, 0.3) is 0 Å². The topological polar surface area (TPSA) is 12.4 Å². The van der Waals surface area contributed by atoms with Crippen LogP contribution in [0.5, 0.6) is 0 Å². The molecule has 0 spiro atoms. The Bertz CT molecular complexity index is 72.2. The SMILES string of the molecule is C/C=C/C=N\CC. The fourth-order valence-corrected chi connectivity index (χ4v) is 0.252. The first-order chi connectivity index (χ1) is 3.41. The van der Waals surface area contributed by atoms with Crippen molar-refractivity contribution >= 4 is 6.21 Å². The summed E-state index contributed by atoms with van der Waals surface area (Å²) in [4.78, 5) is 3.95. The van der Waals surface area contributed by atoms with Crippen LogP contribution >= 0.6 is 0 Å². The highest BCUT2D eigenvalue weighted by atomic mass is 14.7. The quantitative estimate of drug-likeness (QED) is 0.464. The first-order valence-corrected chi connectivity index (χ1v) is 2.53. The molecule has 0 atom stereocenters. The molecule has 0 aromatic carbocycles. The summed E-state index contributed by atoms with van der Waals surface area (Å²) in [6, 6.07) is 0. The Morgan fingerprint density at radius 1 is 1.57 bits per heavy atom. The van der Waals surface area contributed by atoms with Crippen LogP contribution in [0.15, 0.2) is 17.1 Å². The van der Waals surface area contributed by atoms with Crippen molar-refractivity contribution in [1.29, 1.82) is 0 Å². The fraction of sp³-hybridized carbons (Fsp3) is 0.500. The molecule has 0 aliphatic heterocycles. The average molecular weight is 97.2 g/mol. The monoisotopic (exact) mass is 97.1 g/mol. The van der Waals surface area contributed by atoms with Crippen LogP contribution in [0.25, 0.3) is 0 Å². The second-order valence-electron chi connectivity index (χ2n) is 1.17. The van der Waals surface area contributed by atoms with Crippen molar-refractivity contribution in [1.82, 2.24) is 0 Å². The van der Waals surface area contributed by atoms with Gasteiger partial charge in [-0.2, -0.15) is 0 Å².